The molecular weight excluding hydrogens is 1170 g/mol. The number of carboxylic acid groups (broad SMARTS) is 2. The van der Waals surface area contributed by atoms with Crippen LogP contribution in [0.15, 0.2) is 0 Å². The van der Waals surface area contributed by atoms with Gasteiger partial charge in [0.15, 0.2) is 23.1 Å². The van der Waals surface area contributed by atoms with E-state index in [1.165, 1.54) is 41.7 Å². The smallest absolute Gasteiger partial charge is 1.00 e. The Kier molecular flexibility index (Phi) is 72.9. The minimum absolute atomic E-state index is 0. The van der Waals surface area contributed by atoms with Crippen molar-refractivity contribution in [1.29, 1.82) is 0 Å². The molecule has 13 nitrogen and oxygen atoms in total. The molecule has 0 atom stereocenters. The third-order valence-corrected chi connectivity index (χ3v) is 16.6. The van der Waals surface area contributed by atoms with Gasteiger partial charge in [-0.2, -0.15) is 0 Å². The molecule has 0 rings (SSSR count). The van der Waals surface area contributed by atoms with E-state index in [1.807, 2.05) is 13.8 Å². The molecule has 0 saturated heterocycles. The maximum Gasteiger partial charge on any atom is 1.00 e. The van der Waals surface area contributed by atoms with E-state index in [2.05, 4.69) is 35.9 Å². The molecule has 0 amide bonds. The number of thioether (sulfide) groups is 6. The Balaban J connectivity index is -0.000000100. The molecule has 58 heavy (non-hydrogen) atoms. The van der Waals surface area contributed by atoms with Crippen molar-refractivity contribution in [3.63, 3.8) is 0 Å². The molecular formula is C32H68AlBiCl3LiO13S7. The number of aliphatic hydroxyl groups is 3. The van der Waals surface area contributed by atoms with E-state index in [4.69, 9.17) is 65.3 Å². The van der Waals surface area contributed by atoms with Crippen molar-refractivity contribution in [2.24, 2.45) is 0 Å². The molecule has 0 aromatic rings. The van der Waals surface area contributed by atoms with Gasteiger partial charge < -0.3 is 45.9 Å². The van der Waals surface area contributed by atoms with Crippen LogP contribution in [0.25, 0.3) is 0 Å². The monoisotopic (exact) mass is 1230 g/mol. The van der Waals surface area contributed by atoms with Crippen LogP contribution in [0.4, 0.5) is 0 Å². The Labute approximate surface area is 421 Å². The van der Waals surface area contributed by atoms with Crippen molar-refractivity contribution in [2.45, 2.75) is 98.1 Å². The largest absolute Gasteiger partial charge is 1.00 e. The van der Waals surface area contributed by atoms with Gasteiger partial charge >= 0.3 is 74.5 Å². The first-order valence-electron chi connectivity index (χ1n) is 17.2. The number of hydrogen-bond donors (Lipinski definition) is 6. The maximum atomic E-state index is 10.7. The number of unbranched alkanes of at least 4 members (excludes halogenated alkanes) is 3. The number of carboxylic acids is 2. The fourth-order valence-electron chi connectivity index (χ4n) is 3.38. The topological polar surface area (TPSA) is 206 Å². The van der Waals surface area contributed by atoms with Crippen LogP contribution in [-0.2, 0) is 38.1 Å². The van der Waals surface area contributed by atoms with Crippen molar-refractivity contribution in [2.75, 3.05) is 74.7 Å². The van der Waals surface area contributed by atoms with Crippen molar-refractivity contribution in [3.8, 4) is 0 Å². The number of carbonyl (C=O) groups is 4. The molecule has 0 unspecified atom stereocenters. The number of aliphatic hydroxyl groups excluding tert-OH is 3. The second-order valence-corrected chi connectivity index (χ2v) is 35.1. The molecule has 346 valence electrons. The molecule has 0 fully saturated rings. The number of methoxy groups -OCH3 is 2. The minimum Gasteiger partial charge on any atom is -1.00 e. The molecule has 0 aromatic carbocycles. The molecule has 0 aliphatic heterocycles. The van der Waals surface area contributed by atoms with Gasteiger partial charge in [-0.15, -0.1) is 71.4 Å². The minimum atomic E-state index is -2.18. The van der Waals surface area contributed by atoms with Crippen LogP contribution < -0.4 is 18.9 Å². The molecule has 0 aromatic heterocycles. The second kappa shape index (κ2) is 56.1. The first kappa shape index (κ1) is 75.3. The third kappa shape index (κ3) is 57.0. The summed E-state index contributed by atoms with van der Waals surface area (Å²) in [5.41, 5.74) is 0. The Morgan fingerprint density at radius 1 is 0.690 bits per heavy atom. The number of rotatable bonds is 32. The van der Waals surface area contributed by atoms with Crippen molar-refractivity contribution < 1.29 is 83.9 Å². The summed E-state index contributed by atoms with van der Waals surface area (Å²) in [7, 11) is 18.4. The quantitative estimate of drug-likeness (QED) is 0.0184. The average molecular weight is 1230 g/mol. The van der Waals surface area contributed by atoms with Crippen molar-refractivity contribution in [1.82, 2.24) is 0 Å². The van der Waals surface area contributed by atoms with Crippen LogP contribution >= 0.6 is 109 Å². The SMILES string of the molecule is CCCCC(C)(OC)OC.CCCCC(SCCO)(SCCO)SCCO.CCCCC(SCOC=O)(SCC(=O)O)SCC(=O)O.O=COCS.[AlH3].[Cl][Bi]([Cl])[Cl].[H-].[Li+]. The Hall–Kier alpha value is 3.01. The summed E-state index contributed by atoms with van der Waals surface area (Å²) in [6.07, 6.45) is 9.02. The summed E-state index contributed by atoms with van der Waals surface area (Å²) < 4.78 is 18.3. The van der Waals surface area contributed by atoms with Crippen molar-refractivity contribution in [3.05, 3.63) is 0 Å². The number of ether oxygens (including phenoxy) is 4. The standard InChI is InChI=1S/C11H18O6S3.C11H24O3S3.C8H18O2.C2H4O2S.Al.Bi.3ClH.Li.4H/c1-2-3-4-11(18-5-9(13)14,19-6-10(15)16)20-8-17-7-12;1-2-3-4-11(15-8-5-12,16-9-6-13)17-10-7-14;1-5-6-7-8(2,9-3)10-4;3-1-4-2-5;;;;;;;;;;/h7H,2-6,8H2,1H3,(H,13,14)(H,15,16);12-14H,2-10H2,1H3;5-7H2,1-4H3;1,5H,2H2;;;3*1H;;;;;/q;;;;;+3;;;;+1;;;;-1/p-3. The van der Waals surface area contributed by atoms with Crippen LogP contribution in [0.2, 0.25) is 0 Å². The first-order chi connectivity index (χ1) is 26.5. The average Bonchev–Trinajstić information content (AvgIpc) is 3.17. The molecule has 26 heteroatoms. The molecule has 0 aliphatic rings. The van der Waals surface area contributed by atoms with Crippen LogP contribution in [0.1, 0.15) is 86.9 Å². The number of halogens is 3. The van der Waals surface area contributed by atoms with Gasteiger partial charge in [0.1, 0.15) is 18.7 Å². The Bertz CT molecular complexity index is 860. The zero-order chi connectivity index (χ0) is 44.2. The van der Waals surface area contributed by atoms with Gasteiger partial charge in [0.05, 0.1) is 31.3 Å². The summed E-state index contributed by atoms with van der Waals surface area (Å²) in [6, 6.07) is 0. The predicted molar refractivity (Wildman–Crippen MR) is 260 cm³/mol. The van der Waals surface area contributed by atoms with E-state index in [9.17, 15) is 14.4 Å². The van der Waals surface area contributed by atoms with E-state index in [0.29, 0.717) is 36.6 Å². The molecule has 5 N–H and O–H groups in total. The van der Waals surface area contributed by atoms with Gasteiger partial charge in [0.25, 0.3) is 12.9 Å². The van der Waals surface area contributed by atoms with E-state index in [0.717, 1.165) is 44.9 Å². The van der Waals surface area contributed by atoms with E-state index >= 15 is 0 Å². The summed E-state index contributed by atoms with van der Waals surface area (Å²) in [5.74, 6) is -0.143. The van der Waals surface area contributed by atoms with Gasteiger partial charge in [-0.3, -0.25) is 19.2 Å². The third-order valence-electron chi connectivity index (χ3n) is 6.15. The first-order valence-corrected chi connectivity index (χ1v) is 36.6. The van der Waals surface area contributed by atoms with Crippen LogP contribution in [-0.4, -0.2) is 173 Å². The molecule has 0 saturated carbocycles. The van der Waals surface area contributed by atoms with Gasteiger partial charge in [-0.1, -0.05) is 64.6 Å². The number of aliphatic carboxylic acids is 2. The van der Waals surface area contributed by atoms with Crippen LogP contribution in [0, 0.1) is 0 Å². The Morgan fingerprint density at radius 3 is 1.26 bits per heavy atom. The molecule has 0 radical (unpaired) electrons. The van der Waals surface area contributed by atoms with E-state index in [1.54, 1.807) is 49.5 Å². The van der Waals surface area contributed by atoms with Gasteiger partial charge in [0, 0.05) is 37.9 Å². The van der Waals surface area contributed by atoms with Gasteiger partial charge in [0.2, 0.25) is 0 Å². The number of hydrogen-bond acceptors (Lipinski definition) is 18. The van der Waals surface area contributed by atoms with Crippen LogP contribution in [0.3, 0.4) is 0 Å². The van der Waals surface area contributed by atoms with E-state index in [-0.39, 0.29) is 90.1 Å². The number of thiol groups is 1. The van der Waals surface area contributed by atoms with Gasteiger partial charge in [-0.25, -0.2) is 0 Å². The molecule has 0 aliphatic carbocycles. The Morgan fingerprint density at radius 2 is 1.02 bits per heavy atom. The molecule has 0 spiro atoms. The summed E-state index contributed by atoms with van der Waals surface area (Å²) >= 11 is 10.2. The normalized spacial score (nSPS) is 10.6. The fourth-order valence-corrected chi connectivity index (χ4v) is 11.9. The second-order valence-electron chi connectivity index (χ2n) is 10.4. The zero-order valence-corrected chi connectivity index (χ0v) is 45.6. The summed E-state index contributed by atoms with van der Waals surface area (Å²) in [5, 5.41) is 44.5. The summed E-state index contributed by atoms with van der Waals surface area (Å²) in [6.45, 7) is 9.49. The summed E-state index contributed by atoms with van der Waals surface area (Å²) in [4.78, 5) is 40.8. The van der Waals surface area contributed by atoms with E-state index < -0.39 is 33.5 Å². The zero-order valence-electron chi connectivity index (χ0n) is 35.1. The molecule has 0 heterocycles. The van der Waals surface area contributed by atoms with Crippen LogP contribution in [0.5, 0.6) is 0 Å². The predicted octanol–water partition coefficient (Wildman–Crippen LogP) is 4.19. The van der Waals surface area contributed by atoms with Gasteiger partial charge in [-0.05, 0) is 26.2 Å². The molecule has 0 bridgehead atoms. The number of carbonyl (C=O) groups excluding carboxylic acids is 2. The maximum absolute atomic E-state index is 10.7. The fraction of sp³-hybridized carbons (Fsp3) is 0.875. The van der Waals surface area contributed by atoms with Crippen molar-refractivity contribution >= 4 is 169 Å².